The Morgan fingerprint density at radius 2 is 1.70 bits per heavy atom. The summed E-state index contributed by atoms with van der Waals surface area (Å²) in [4.78, 5) is 2.30. The van der Waals surface area contributed by atoms with Crippen LogP contribution in [0.3, 0.4) is 0 Å². The molecule has 0 spiro atoms. The summed E-state index contributed by atoms with van der Waals surface area (Å²) in [6.07, 6.45) is 2.92. The summed E-state index contributed by atoms with van der Waals surface area (Å²) in [7, 11) is 2.13. The fourth-order valence-corrected chi connectivity index (χ4v) is 2.38. The molecule has 0 fully saturated rings. The second-order valence-electron chi connectivity index (χ2n) is 5.65. The molecular formula is C18H25NO. The van der Waals surface area contributed by atoms with E-state index in [2.05, 4.69) is 57.0 Å². The Hall–Kier alpha value is -1.54. The smallest absolute Gasteiger partial charge is 0.117 e. The molecule has 0 aliphatic carbocycles. The van der Waals surface area contributed by atoms with Gasteiger partial charge in [-0.25, -0.2) is 0 Å². The average molecular weight is 271 g/mol. The first-order valence-electron chi connectivity index (χ1n) is 7.44. The van der Waals surface area contributed by atoms with Crippen molar-refractivity contribution in [2.45, 2.75) is 45.7 Å². The van der Waals surface area contributed by atoms with E-state index in [-0.39, 0.29) is 0 Å². The highest BCUT2D eigenvalue weighted by Crippen LogP contribution is 2.24. The van der Waals surface area contributed by atoms with Gasteiger partial charge in [0.15, 0.2) is 0 Å². The molecule has 0 N–H and O–H groups in total. The monoisotopic (exact) mass is 271 g/mol. The van der Waals surface area contributed by atoms with Gasteiger partial charge in [-0.15, -0.1) is 0 Å². The minimum atomic E-state index is 0.381. The Labute approximate surface area is 122 Å². The Balaban J connectivity index is 2.02. The van der Waals surface area contributed by atoms with Gasteiger partial charge in [0, 0.05) is 6.04 Å². The van der Waals surface area contributed by atoms with E-state index in [0.717, 1.165) is 12.3 Å². The first-order valence-corrected chi connectivity index (χ1v) is 7.44. The second-order valence-corrected chi connectivity index (χ2v) is 5.65. The number of nitrogens with zero attached hydrogens (tertiary/aromatic N) is 1. The second kappa shape index (κ2) is 6.76. The number of furan rings is 1. The third-order valence-corrected chi connectivity index (χ3v) is 4.25. The topological polar surface area (TPSA) is 16.4 Å². The molecule has 20 heavy (non-hydrogen) atoms. The number of hydrogen-bond acceptors (Lipinski definition) is 2. The van der Waals surface area contributed by atoms with Gasteiger partial charge >= 0.3 is 0 Å². The van der Waals surface area contributed by atoms with Gasteiger partial charge in [0.05, 0.1) is 12.8 Å². The minimum Gasteiger partial charge on any atom is -0.468 e. The normalized spacial score (nSPS) is 14.4. The molecular weight excluding hydrogens is 246 g/mol. The van der Waals surface area contributed by atoms with E-state index < -0.39 is 0 Å². The Morgan fingerprint density at radius 3 is 2.25 bits per heavy atom. The van der Waals surface area contributed by atoms with Gasteiger partial charge < -0.3 is 4.42 Å². The van der Waals surface area contributed by atoms with Crippen LogP contribution < -0.4 is 0 Å². The SMILES string of the molecule is CCC(C)c1ccc(C(C)N(C)Cc2ccco2)cc1. The third kappa shape index (κ3) is 3.51. The fourth-order valence-electron chi connectivity index (χ4n) is 2.38. The van der Waals surface area contributed by atoms with E-state index in [1.807, 2.05) is 12.1 Å². The molecule has 2 rings (SSSR count). The molecule has 0 aliphatic heterocycles. The van der Waals surface area contributed by atoms with Crippen molar-refractivity contribution < 1.29 is 4.42 Å². The highest BCUT2D eigenvalue weighted by atomic mass is 16.3. The molecule has 1 aromatic heterocycles. The predicted octanol–water partition coefficient (Wildman–Crippen LogP) is 4.99. The molecule has 0 amide bonds. The van der Waals surface area contributed by atoms with E-state index in [9.17, 15) is 0 Å². The van der Waals surface area contributed by atoms with Crippen molar-refractivity contribution in [1.82, 2.24) is 4.90 Å². The number of hydrogen-bond donors (Lipinski definition) is 0. The zero-order valence-electron chi connectivity index (χ0n) is 13.0. The molecule has 0 saturated heterocycles. The zero-order valence-corrected chi connectivity index (χ0v) is 13.0. The first kappa shape index (κ1) is 14.9. The van der Waals surface area contributed by atoms with Crippen molar-refractivity contribution in [3.05, 3.63) is 59.5 Å². The molecule has 0 bridgehead atoms. The maximum absolute atomic E-state index is 5.41. The van der Waals surface area contributed by atoms with Crippen LogP contribution in [0.2, 0.25) is 0 Å². The lowest BCUT2D eigenvalue weighted by atomic mass is 9.96. The van der Waals surface area contributed by atoms with Crippen LogP contribution in [-0.2, 0) is 6.54 Å². The van der Waals surface area contributed by atoms with Crippen LogP contribution in [0.4, 0.5) is 0 Å². The van der Waals surface area contributed by atoms with Gasteiger partial charge in [-0.3, -0.25) is 4.90 Å². The number of benzene rings is 1. The lowest BCUT2D eigenvalue weighted by molar-refractivity contribution is 0.232. The molecule has 2 unspecified atom stereocenters. The number of rotatable bonds is 6. The standard InChI is InChI=1S/C18H25NO/c1-5-14(2)16-8-10-17(11-9-16)15(3)19(4)13-18-7-6-12-20-18/h6-12,14-15H,5,13H2,1-4H3. The van der Waals surface area contributed by atoms with Gasteiger partial charge in [0.25, 0.3) is 0 Å². The first-order chi connectivity index (χ1) is 9.61. The van der Waals surface area contributed by atoms with Crippen molar-refractivity contribution >= 4 is 0 Å². The summed E-state index contributed by atoms with van der Waals surface area (Å²) < 4.78 is 5.41. The maximum atomic E-state index is 5.41. The molecule has 2 heteroatoms. The summed E-state index contributed by atoms with van der Waals surface area (Å²) in [5.74, 6) is 1.65. The van der Waals surface area contributed by atoms with Crippen LogP contribution >= 0.6 is 0 Å². The Kier molecular flexibility index (Phi) is 5.02. The molecule has 0 radical (unpaired) electrons. The van der Waals surface area contributed by atoms with Gasteiger partial charge in [0.2, 0.25) is 0 Å². The van der Waals surface area contributed by atoms with Crippen LogP contribution in [-0.4, -0.2) is 11.9 Å². The molecule has 1 aromatic carbocycles. The predicted molar refractivity (Wildman–Crippen MR) is 83.7 cm³/mol. The van der Waals surface area contributed by atoms with Crippen molar-refractivity contribution in [1.29, 1.82) is 0 Å². The molecule has 2 atom stereocenters. The Morgan fingerprint density at radius 1 is 1.05 bits per heavy atom. The van der Waals surface area contributed by atoms with E-state index >= 15 is 0 Å². The van der Waals surface area contributed by atoms with Crippen molar-refractivity contribution in [2.24, 2.45) is 0 Å². The van der Waals surface area contributed by atoms with Gasteiger partial charge in [-0.1, -0.05) is 38.1 Å². The van der Waals surface area contributed by atoms with Crippen molar-refractivity contribution in [2.75, 3.05) is 7.05 Å². The van der Waals surface area contributed by atoms with Gasteiger partial charge in [-0.2, -0.15) is 0 Å². The maximum Gasteiger partial charge on any atom is 0.117 e. The van der Waals surface area contributed by atoms with E-state index in [1.54, 1.807) is 6.26 Å². The minimum absolute atomic E-state index is 0.381. The van der Waals surface area contributed by atoms with Crippen LogP contribution in [0.5, 0.6) is 0 Å². The van der Waals surface area contributed by atoms with Crippen LogP contribution in [0.25, 0.3) is 0 Å². The highest BCUT2D eigenvalue weighted by molar-refractivity contribution is 5.27. The molecule has 2 nitrogen and oxygen atoms in total. The van der Waals surface area contributed by atoms with Crippen LogP contribution in [0.1, 0.15) is 56.0 Å². The zero-order chi connectivity index (χ0) is 14.5. The molecule has 108 valence electrons. The van der Waals surface area contributed by atoms with Crippen LogP contribution in [0.15, 0.2) is 47.1 Å². The van der Waals surface area contributed by atoms with E-state index in [4.69, 9.17) is 4.42 Å². The summed E-state index contributed by atoms with van der Waals surface area (Å²) in [5, 5.41) is 0. The molecule has 1 heterocycles. The quantitative estimate of drug-likeness (QED) is 0.736. The fraction of sp³-hybridized carbons (Fsp3) is 0.444. The average Bonchev–Trinajstić information content (AvgIpc) is 2.98. The molecule has 0 aliphatic rings. The van der Waals surface area contributed by atoms with Gasteiger partial charge in [-0.05, 0) is 49.6 Å². The summed E-state index contributed by atoms with van der Waals surface area (Å²) >= 11 is 0. The summed E-state index contributed by atoms with van der Waals surface area (Å²) in [5.41, 5.74) is 2.78. The molecule has 2 aromatic rings. The third-order valence-electron chi connectivity index (χ3n) is 4.25. The summed E-state index contributed by atoms with van der Waals surface area (Å²) in [6.45, 7) is 7.59. The highest BCUT2D eigenvalue weighted by Gasteiger charge is 2.13. The van der Waals surface area contributed by atoms with Gasteiger partial charge in [0.1, 0.15) is 5.76 Å². The van der Waals surface area contributed by atoms with E-state index in [0.29, 0.717) is 12.0 Å². The summed E-state index contributed by atoms with van der Waals surface area (Å²) in [6, 6.07) is 13.4. The largest absolute Gasteiger partial charge is 0.468 e. The van der Waals surface area contributed by atoms with E-state index in [1.165, 1.54) is 17.5 Å². The molecule has 0 saturated carbocycles. The Bertz CT molecular complexity index is 501. The lowest BCUT2D eigenvalue weighted by Gasteiger charge is -2.24. The van der Waals surface area contributed by atoms with Crippen molar-refractivity contribution in [3.63, 3.8) is 0 Å². The van der Waals surface area contributed by atoms with Crippen LogP contribution in [0, 0.1) is 0 Å². The van der Waals surface area contributed by atoms with Crippen molar-refractivity contribution in [3.8, 4) is 0 Å². The lowest BCUT2D eigenvalue weighted by Crippen LogP contribution is -2.21.